The summed E-state index contributed by atoms with van der Waals surface area (Å²) >= 11 is 0. The summed E-state index contributed by atoms with van der Waals surface area (Å²) in [6.07, 6.45) is 0. The summed E-state index contributed by atoms with van der Waals surface area (Å²) in [5.41, 5.74) is 0.332. The van der Waals surface area contributed by atoms with Crippen molar-refractivity contribution in [1.82, 2.24) is 4.98 Å². The summed E-state index contributed by atoms with van der Waals surface area (Å²) in [7, 11) is 0. The molecule has 0 saturated heterocycles. The van der Waals surface area contributed by atoms with Gasteiger partial charge in [-0.3, -0.25) is 4.79 Å². The van der Waals surface area contributed by atoms with Gasteiger partial charge in [0.05, 0.1) is 5.69 Å². The van der Waals surface area contributed by atoms with E-state index >= 15 is 0 Å². The second kappa shape index (κ2) is 6.56. The molecule has 2 aromatic carbocycles. The fourth-order valence-electron chi connectivity index (χ4n) is 2.21. The molecule has 1 amide bonds. The average Bonchev–Trinajstić information content (AvgIpc) is 2.60. The van der Waals surface area contributed by atoms with Gasteiger partial charge in [0, 0.05) is 11.1 Å². The Labute approximate surface area is 141 Å². The second-order valence-corrected chi connectivity index (χ2v) is 5.17. The number of halogens is 2. The molecule has 0 aliphatic heterocycles. The third kappa shape index (κ3) is 3.40. The lowest BCUT2D eigenvalue weighted by Gasteiger charge is -2.08. The molecule has 3 aromatic rings. The number of pyridine rings is 1. The van der Waals surface area contributed by atoms with E-state index in [-0.39, 0.29) is 22.6 Å². The highest BCUT2D eigenvalue weighted by Crippen LogP contribution is 2.27. The van der Waals surface area contributed by atoms with E-state index in [9.17, 15) is 23.8 Å². The maximum absolute atomic E-state index is 14.0. The van der Waals surface area contributed by atoms with Gasteiger partial charge in [-0.25, -0.2) is 13.8 Å². The Bertz CT molecular complexity index is 961. The van der Waals surface area contributed by atoms with Gasteiger partial charge in [-0.2, -0.15) is 0 Å². The summed E-state index contributed by atoms with van der Waals surface area (Å²) in [5, 5.41) is 21.3. The van der Waals surface area contributed by atoms with Gasteiger partial charge < -0.3 is 15.5 Å². The molecule has 0 bridgehead atoms. The molecule has 0 unspecified atom stereocenters. The van der Waals surface area contributed by atoms with Crippen LogP contribution in [-0.2, 0) is 0 Å². The number of carbonyl (C=O) groups is 1. The Morgan fingerprint density at radius 1 is 0.960 bits per heavy atom. The molecule has 3 N–H and O–H groups in total. The van der Waals surface area contributed by atoms with Crippen molar-refractivity contribution in [1.29, 1.82) is 0 Å². The molecule has 5 nitrogen and oxygen atoms in total. The Morgan fingerprint density at radius 3 is 2.48 bits per heavy atom. The van der Waals surface area contributed by atoms with Gasteiger partial charge in [0.1, 0.15) is 5.82 Å². The fourth-order valence-corrected chi connectivity index (χ4v) is 2.21. The van der Waals surface area contributed by atoms with Gasteiger partial charge in [0.25, 0.3) is 5.91 Å². The van der Waals surface area contributed by atoms with Gasteiger partial charge >= 0.3 is 0 Å². The van der Waals surface area contributed by atoms with Gasteiger partial charge in [-0.05, 0) is 42.5 Å². The van der Waals surface area contributed by atoms with Crippen LogP contribution in [0.4, 0.5) is 14.6 Å². The molecule has 7 heteroatoms. The summed E-state index contributed by atoms with van der Waals surface area (Å²) in [4.78, 5) is 16.3. The molecule has 0 aliphatic rings. The third-order valence-corrected chi connectivity index (χ3v) is 3.45. The molecule has 1 heterocycles. The van der Waals surface area contributed by atoms with E-state index in [0.717, 1.165) is 12.1 Å². The number of nitrogens with zero attached hydrogens (tertiary/aromatic N) is 1. The van der Waals surface area contributed by atoms with E-state index in [0.29, 0.717) is 0 Å². The van der Waals surface area contributed by atoms with Crippen LogP contribution >= 0.6 is 0 Å². The van der Waals surface area contributed by atoms with Crippen molar-refractivity contribution in [3.63, 3.8) is 0 Å². The number of phenols is 2. The van der Waals surface area contributed by atoms with Crippen molar-refractivity contribution in [2.24, 2.45) is 0 Å². The van der Waals surface area contributed by atoms with E-state index in [1.807, 2.05) is 0 Å². The quantitative estimate of drug-likeness (QED) is 0.678. The topological polar surface area (TPSA) is 82.5 Å². The molecule has 126 valence electrons. The standard InChI is InChI=1S/C18H12F2N2O3/c19-12-8-7-10(9-15(12)24)18(25)22-16-6-2-4-13(21-16)11-3-1-5-14(23)17(11)20/h1-9,23-24H,(H,21,22,25). The number of aromatic hydroxyl groups is 2. The van der Waals surface area contributed by atoms with Crippen molar-refractivity contribution in [3.8, 4) is 22.8 Å². The highest BCUT2D eigenvalue weighted by molar-refractivity contribution is 6.04. The first-order chi connectivity index (χ1) is 12.0. The number of hydrogen-bond donors (Lipinski definition) is 3. The number of amides is 1. The van der Waals surface area contributed by atoms with E-state index in [1.54, 1.807) is 6.07 Å². The summed E-state index contributed by atoms with van der Waals surface area (Å²) in [6, 6.07) is 11.9. The molecule has 3 rings (SSSR count). The van der Waals surface area contributed by atoms with E-state index in [2.05, 4.69) is 10.3 Å². The number of carbonyl (C=O) groups excluding carboxylic acids is 1. The molecular formula is C18H12F2N2O3. The van der Waals surface area contributed by atoms with Crippen molar-refractivity contribution < 1.29 is 23.8 Å². The Kier molecular flexibility index (Phi) is 4.30. The van der Waals surface area contributed by atoms with Crippen LogP contribution in [0.3, 0.4) is 0 Å². The van der Waals surface area contributed by atoms with Crippen LogP contribution in [0.15, 0.2) is 54.6 Å². The van der Waals surface area contributed by atoms with E-state index in [1.165, 1.54) is 36.4 Å². The van der Waals surface area contributed by atoms with Crippen LogP contribution in [0.25, 0.3) is 11.3 Å². The van der Waals surface area contributed by atoms with Crippen molar-refractivity contribution in [3.05, 3.63) is 71.8 Å². The predicted octanol–water partition coefficient (Wildman–Crippen LogP) is 3.69. The number of rotatable bonds is 3. The average molecular weight is 342 g/mol. The Balaban J connectivity index is 1.88. The van der Waals surface area contributed by atoms with E-state index < -0.39 is 29.0 Å². The fraction of sp³-hybridized carbons (Fsp3) is 0. The van der Waals surface area contributed by atoms with Crippen molar-refractivity contribution >= 4 is 11.7 Å². The molecule has 0 spiro atoms. The van der Waals surface area contributed by atoms with Crippen LogP contribution in [-0.4, -0.2) is 21.1 Å². The molecule has 0 saturated carbocycles. The number of aromatic nitrogens is 1. The molecular weight excluding hydrogens is 330 g/mol. The van der Waals surface area contributed by atoms with Crippen LogP contribution < -0.4 is 5.32 Å². The molecule has 1 aromatic heterocycles. The molecule has 0 radical (unpaired) electrons. The van der Waals surface area contributed by atoms with Crippen LogP contribution in [0, 0.1) is 11.6 Å². The third-order valence-electron chi connectivity index (χ3n) is 3.45. The largest absolute Gasteiger partial charge is 0.505 e. The highest BCUT2D eigenvalue weighted by Gasteiger charge is 2.13. The first kappa shape index (κ1) is 16.4. The second-order valence-electron chi connectivity index (χ2n) is 5.17. The number of benzene rings is 2. The normalized spacial score (nSPS) is 10.5. The first-order valence-electron chi connectivity index (χ1n) is 7.20. The van der Waals surface area contributed by atoms with Gasteiger partial charge in [-0.1, -0.05) is 12.1 Å². The smallest absolute Gasteiger partial charge is 0.256 e. The van der Waals surface area contributed by atoms with Crippen molar-refractivity contribution in [2.75, 3.05) is 5.32 Å². The number of hydrogen-bond acceptors (Lipinski definition) is 4. The Morgan fingerprint density at radius 2 is 1.72 bits per heavy atom. The first-order valence-corrected chi connectivity index (χ1v) is 7.20. The maximum atomic E-state index is 14.0. The lowest BCUT2D eigenvalue weighted by molar-refractivity contribution is 0.102. The Hall–Kier alpha value is -3.48. The van der Waals surface area contributed by atoms with Crippen LogP contribution in [0.1, 0.15) is 10.4 Å². The number of phenolic OH excluding ortho intramolecular Hbond substituents is 2. The molecule has 25 heavy (non-hydrogen) atoms. The lowest BCUT2D eigenvalue weighted by atomic mass is 10.1. The minimum absolute atomic E-state index is 0.0367. The highest BCUT2D eigenvalue weighted by atomic mass is 19.1. The van der Waals surface area contributed by atoms with Gasteiger partial charge in [0.2, 0.25) is 0 Å². The molecule has 0 aliphatic carbocycles. The summed E-state index contributed by atoms with van der Waals surface area (Å²) < 4.78 is 27.0. The minimum atomic E-state index is -0.837. The number of nitrogens with one attached hydrogen (secondary N) is 1. The SMILES string of the molecule is O=C(Nc1cccc(-c2cccc(O)c2F)n1)c1ccc(F)c(O)c1. The lowest BCUT2D eigenvalue weighted by Crippen LogP contribution is -2.13. The molecule has 0 fully saturated rings. The number of anilines is 1. The monoisotopic (exact) mass is 342 g/mol. The maximum Gasteiger partial charge on any atom is 0.256 e. The predicted molar refractivity (Wildman–Crippen MR) is 87.3 cm³/mol. The summed E-state index contributed by atoms with van der Waals surface area (Å²) in [6.45, 7) is 0. The minimum Gasteiger partial charge on any atom is -0.505 e. The zero-order chi connectivity index (χ0) is 18.0. The summed E-state index contributed by atoms with van der Waals surface area (Å²) in [5.74, 6) is -3.28. The molecule has 0 atom stereocenters. The van der Waals surface area contributed by atoms with E-state index in [4.69, 9.17) is 0 Å². The van der Waals surface area contributed by atoms with Crippen LogP contribution in [0.5, 0.6) is 11.5 Å². The van der Waals surface area contributed by atoms with Crippen LogP contribution in [0.2, 0.25) is 0 Å². The van der Waals surface area contributed by atoms with Gasteiger partial charge in [0.15, 0.2) is 23.1 Å². The van der Waals surface area contributed by atoms with Crippen molar-refractivity contribution in [2.45, 2.75) is 0 Å². The van der Waals surface area contributed by atoms with Gasteiger partial charge in [-0.15, -0.1) is 0 Å². The zero-order valence-electron chi connectivity index (χ0n) is 12.7. The zero-order valence-corrected chi connectivity index (χ0v) is 12.7.